The second-order valence-corrected chi connectivity index (χ2v) is 4.06. The largest absolute Gasteiger partial charge is 0.409 e. The first-order chi connectivity index (χ1) is 6.72. The number of hydrogen-bond acceptors (Lipinski definition) is 4. The molecule has 1 rings (SSSR count). The minimum absolute atomic E-state index is 0.289. The van der Waals surface area contributed by atoms with E-state index in [-0.39, 0.29) is 5.84 Å². The van der Waals surface area contributed by atoms with Crippen molar-refractivity contribution in [3.8, 4) is 0 Å². The Morgan fingerprint density at radius 3 is 3.14 bits per heavy atom. The molecule has 0 aliphatic heterocycles. The van der Waals surface area contributed by atoms with Crippen LogP contribution < -0.4 is 5.73 Å². The highest BCUT2D eigenvalue weighted by Gasteiger charge is 1.98. The zero-order valence-electron chi connectivity index (χ0n) is 8.05. The molecule has 14 heavy (non-hydrogen) atoms. The van der Waals surface area contributed by atoms with Crippen molar-refractivity contribution in [3.05, 3.63) is 12.4 Å². The topological polar surface area (TPSA) is 76.4 Å². The molecular weight excluding hydrogens is 200 g/mol. The fourth-order valence-corrected chi connectivity index (χ4v) is 1.84. The Morgan fingerprint density at radius 1 is 1.79 bits per heavy atom. The van der Waals surface area contributed by atoms with Crippen LogP contribution in [0.4, 0.5) is 0 Å². The molecule has 0 amide bonds. The van der Waals surface area contributed by atoms with Gasteiger partial charge in [0.15, 0.2) is 0 Å². The molecule has 0 aliphatic rings. The van der Waals surface area contributed by atoms with Crippen molar-refractivity contribution in [1.82, 2.24) is 9.78 Å². The molecule has 0 unspecified atom stereocenters. The molecule has 0 saturated heterocycles. The number of aromatic nitrogens is 2. The van der Waals surface area contributed by atoms with Gasteiger partial charge in [-0.2, -0.15) is 5.10 Å². The number of amidine groups is 1. The van der Waals surface area contributed by atoms with E-state index in [2.05, 4.69) is 10.3 Å². The van der Waals surface area contributed by atoms with Gasteiger partial charge in [0.25, 0.3) is 0 Å². The van der Waals surface area contributed by atoms with Crippen LogP contribution in [-0.2, 0) is 7.05 Å². The predicted molar refractivity (Wildman–Crippen MR) is 56.6 cm³/mol. The van der Waals surface area contributed by atoms with Crippen molar-refractivity contribution in [2.45, 2.75) is 17.7 Å². The maximum absolute atomic E-state index is 8.30. The lowest BCUT2D eigenvalue weighted by atomic mass is 10.3. The van der Waals surface area contributed by atoms with Gasteiger partial charge in [0.05, 0.1) is 6.20 Å². The Morgan fingerprint density at radius 2 is 2.57 bits per heavy atom. The summed E-state index contributed by atoms with van der Waals surface area (Å²) in [7, 11) is 1.89. The summed E-state index contributed by atoms with van der Waals surface area (Å²) >= 11 is 1.72. The molecule has 5 nitrogen and oxygen atoms in total. The normalized spacial score (nSPS) is 11.9. The second-order valence-electron chi connectivity index (χ2n) is 2.89. The van der Waals surface area contributed by atoms with E-state index < -0.39 is 0 Å². The number of nitrogens with zero attached hydrogens (tertiary/aromatic N) is 3. The van der Waals surface area contributed by atoms with E-state index in [1.165, 1.54) is 0 Å². The standard InChI is InChI=1S/C8H14N4OS/c1-12-6-7(5-10-12)14-4-2-3-8(9)11-13/h5-6,13H,2-4H2,1H3,(H2,9,11). The van der Waals surface area contributed by atoms with E-state index in [0.29, 0.717) is 6.42 Å². The number of thioether (sulfide) groups is 1. The first-order valence-electron chi connectivity index (χ1n) is 4.30. The first-order valence-corrected chi connectivity index (χ1v) is 5.29. The van der Waals surface area contributed by atoms with Crippen LogP contribution >= 0.6 is 11.8 Å². The summed E-state index contributed by atoms with van der Waals surface area (Å²) in [4.78, 5) is 1.15. The summed E-state index contributed by atoms with van der Waals surface area (Å²) in [5.41, 5.74) is 5.33. The highest BCUT2D eigenvalue weighted by Crippen LogP contribution is 2.17. The zero-order valence-corrected chi connectivity index (χ0v) is 8.87. The maximum atomic E-state index is 8.30. The lowest BCUT2D eigenvalue weighted by Gasteiger charge is -1.97. The van der Waals surface area contributed by atoms with Crippen LogP contribution in [0.25, 0.3) is 0 Å². The van der Waals surface area contributed by atoms with Crippen LogP contribution in [0, 0.1) is 0 Å². The third-order valence-corrected chi connectivity index (χ3v) is 2.69. The molecule has 0 atom stereocenters. The smallest absolute Gasteiger partial charge is 0.139 e. The van der Waals surface area contributed by atoms with Gasteiger partial charge in [-0.1, -0.05) is 5.16 Å². The van der Waals surface area contributed by atoms with Gasteiger partial charge in [-0.3, -0.25) is 4.68 Å². The van der Waals surface area contributed by atoms with Crippen LogP contribution in [0.15, 0.2) is 22.4 Å². The van der Waals surface area contributed by atoms with Crippen LogP contribution in [0.5, 0.6) is 0 Å². The Kier molecular flexibility index (Phi) is 4.31. The molecule has 0 fully saturated rings. The number of aryl methyl sites for hydroxylation is 1. The molecule has 3 N–H and O–H groups in total. The molecule has 1 aromatic rings. The third-order valence-electron chi connectivity index (χ3n) is 1.66. The number of rotatable bonds is 5. The van der Waals surface area contributed by atoms with Crippen molar-refractivity contribution in [3.63, 3.8) is 0 Å². The minimum Gasteiger partial charge on any atom is -0.409 e. The van der Waals surface area contributed by atoms with E-state index in [4.69, 9.17) is 10.9 Å². The lowest BCUT2D eigenvalue weighted by Crippen LogP contribution is -2.11. The Bertz CT molecular complexity index is 310. The van der Waals surface area contributed by atoms with Crippen molar-refractivity contribution in [2.75, 3.05) is 5.75 Å². The van der Waals surface area contributed by atoms with Crippen LogP contribution in [0.2, 0.25) is 0 Å². The Hall–Kier alpha value is -1.17. The second kappa shape index (κ2) is 5.54. The minimum atomic E-state index is 0.289. The van der Waals surface area contributed by atoms with Crippen molar-refractivity contribution in [1.29, 1.82) is 0 Å². The fourth-order valence-electron chi connectivity index (χ4n) is 0.967. The molecule has 0 saturated carbocycles. The van der Waals surface area contributed by atoms with Crippen molar-refractivity contribution >= 4 is 17.6 Å². The highest BCUT2D eigenvalue weighted by molar-refractivity contribution is 7.99. The third kappa shape index (κ3) is 3.69. The molecule has 78 valence electrons. The molecule has 1 aromatic heterocycles. The number of hydrogen-bond donors (Lipinski definition) is 2. The molecule has 0 radical (unpaired) electrons. The highest BCUT2D eigenvalue weighted by atomic mass is 32.2. The van der Waals surface area contributed by atoms with Crippen LogP contribution in [-0.4, -0.2) is 26.6 Å². The Labute approximate surface area is 87.0 Å². The van der Waals surface area contributed by atoms with Gasteiger partial charge in [0, 0.05) is 24.6 Å². The van der Waals surface area contributed by atoms with Gasteiger partial charge in [-0.05, 0) is 12.2 Å². The molecule has 0 aromatic carbocycles. The SMILES string of the molecule is Cn1cc(SCCCC(N)=NO)cn1. The molecule has 0 aliphatic carbocycles. The van der Waals surface area contributed by atoms with E-state index in [1.54, 1.807) is 16.4 Å². The number of nitrogens with two attached hydrogens (primary N) is 1. The molecule has 0 spiro atoms. The van der Waals surface area contributed by atoms with Gasteiger partial charge < -0.3 is 10.9 Å². The fraction of sp³-hybridized carbons (Fsp3) is 0.500. The van der Waals surface area contributed by atoms with Gasteiger partial charge in [0.2, 0.25) is 0 Å². The van der Waals surface area contributed by atoms with Gasteiger partial charge in [-0.25, -0.2) is 0 Å². The summed E-state index contributed by atoms with van der Waals surface area (Å²) in [6, 6.07) is 0. The molecule has 1 heterocycles. The summed E-state index contributed by atoms with van der Waals surface area (Å²) < 4.78 is 1.77. The first kappa shape index (κ1) is 10.9. The quantitative estimate of drug-likeness (QED) is 0.192. The van der Waals surface area contributed by atoms with Crippen molar-refractivity contribution in [2.24, 2.45) is 17.9 Å². The maximum Gasteiger partial charge on any atom is 0.139 e. The Balaban J connectivity index is 2.16. The average Bonchev–Trinajstić information content (AvgIpc) is 2.58. The van der Waals surface area contributed by atoms with Crippen LogP contribution in [0.1, 0.15) is 12.8 Å². The molecule has 6 heteroatoms. The summed E-state index contributed by atoms with van der Waals surface area (Å²) in [6.45, 7) is 0. The summed E-state index contributed by atoms with van der Waals surface area (Å²) in [5, 5.41) is 15.3. The monoisotopic (exact) mass is 214 g/mol. The van der Waals surface area contributed by atoms with E-state index >= 15 is 0 Å². The number of oxime groups is 1. The van der Waals surface area contributed by atoms with Gasteiger partial charge in [0.1, 0.15) is 5.84 Å². The van der Waals surface area contributed by atoms with Crippen molar-refractivity contribution < 1.29 is 5.21 Å². The summed E-state index contributed by atoms with van der Waals surface area (Å²) in [6.07, 6.45) is 5.32. The molecular formula is C8H14N4OS. The van der Waals surface area contributed by atoms with E-state index in [1.807, 2.05) is 19.4 Å². The zero-order chi connectivity index (χ0) is 10.4. The van der Waals surface area contributed by atoms with Gasteiger partial charge in [-0.15, -0.1) is 11.8 Å². The van der Waals surface area contributed by atoms with E-state index in [0.717, 1.165) is 17.1 Å². The van der Waals surface area contributed by atoms with Crippen LogP contribution in [0.3, 0.4) is 0 Å². The lowest BCUT2D eigenvalue weighted by molar-refractivity contribution is 0.317. The van der Waals surface area contributed by atoms with Gasteiger partial charge >= 0.3 is 0 Å². The van der Waals surface area contributed by atoms with E-state index in [9.17, 15) is 0 Å². The summed E-state index contributed by atoms with van der Waals surface area (Å²) in [5.74, 6) is 1.24. The molecule has 0 bridgehead atoms. The average molecular weight is 214 g/mol. The predicted octanol–water partition coefficient (Wildman–Crippen LogP) is 1.04.